The number of aromatic carboxylic acids is 1. The number of aromatic nitrogens is 2. The minimum atomic E-state index is -3.69. The number of carbonyl (C=O) groups excluding carboxylic acids is 1. The van der Waals surface area contributed by atoms with E-state index in [1.54, 1.807) is 24.3 Å². The summed E-state index contributed by atoms with van der Waals surface area (Å²) in [5, 5.41) is 19.6. The molecule has 0 aliphatic heterocycles. The van der Waals surface area contributed by atoms with Crippen molar-refractivity contribution in [3.8, 4) is 17.4 Å². The van der Waals surface area contributed by atoms with Crippen LogP contribution in [-0.4, -0.2) is 40.0 Å². The van der Waals surface area contributed by atoms with Gasteiger partial charge in [0.2, 0.25) is 15.0 Å². The zero-order valence-electron chi connectivity index (χ0n) is 16.8. The van der Waals surface area contributed by atoms with Crippen LogP contribution in [0.25, 0.3) is 17.4 Å². The van der Waals surface area contributed by atoms with Gasteiger partial charge in [-0.25, -0.2) is 13.2 Å². The predicted molar refractivity (Wildman–Crippen MR) is 116 cm³/mol. The SMILES string of the molecule is CC(C)S(=O)(=O)c1nsc(NC(=O)C(C#N)=Cc2ccc(-c3cccc(C(=O)O)c3)o2)n1. The van der Waals surface area contributed by atoms with Crippen LogP contribution < -0.4 is 5.32 Å². The lowest BCUT2D eigenvalue weighted by Crippen LogP contribution is -2.16. The molecule has 0 saturated carbocycles. The third-order valence-electron chi connectivity index (χ3n) is 4.18. The molecule has 0 atom stereocenters. The smallest absolute Gasteiger partial charge is 0.335 e. The van der Waals surface area contributed by atoms with E-state index < -0.39 is 32.1 Å². The van der Waals surface area contributed by atoms with Crippen LogP contribution in [0, 0.1) is 11.3 Å². The van der Waals surface area contributed by atoms with Gasteiger partial charge in [0.05, 0.1) is 10.8 Å². The number of carboxylic acids is 1. The van der Waals surface area contributed by atoms with Crippen LogP contribution in [0.2, 0.25) is 0 Å². The first-order chi connectivity index (χ1) is 15.1. The molecule has 0 aliphatic rings. The van der Waals surface area contributed by atoms with E-state index in [-0.39, 0.29) is 22.0 Å². The summed E-state index contributed by atoms with van der Waals surface area (Å²) in [6, 6.07) is 11.0. The second-order valence-electron chi connectivity index (χ2n) is 6.69. The molecule has 0 unspecified atom stereocenters. The Balaban J connectivity index is 1.79. The molecule has 32 heavy (non-hydrogen) atoms. The highest BCUT2D eigenvalue weighted by atomic mass is 32.2. The molecule has 3 aromatic rings. The molecule has 12 heteroatoms. The Morgan fingerprint density at radius 2 is 2.03 bits per heavy atom. The summed E-state index contributed by atoms with van der Waals surface area (Å²) in [6.07, 6.45) is 1.20. The highest BCUT2D eigenvalue weighted by molar-refractivity contribution is 7.91. The fraction of sp³-hybridized carbons (Fsp3) is 0.150. The minimum Gasteiger partial charge on any atom is -0.478 e. The number of hydrogen-bond donors (Lipinski definition) is 2. The molecule has 1 aromatic carbocycles. The molecule has 1 amide bonds. The molecule has 0 spiro atoms. The molecule has 164 valence electrons. The zero-order valence-corrected chi connectivity index (χ0v) is 18.4. The standard InChI is InChI=1S/C20H16N4O6S2/c1-11(2)32(28,29)20-23-19(31-24-20)22-17(25)14(10-21)9-15-6-7-16(30-15)12-4-3-5-13(8-12)18(26)27/h3-9,11H,1-2H3,(H,26,27)(H,22,23,24,25). The predicted octanol–water partition coefficient (Wildman–Crippen LogP) is 3.22. The second kappa shape index (κ2) is 9.13. The van der Waals surface area contributed by atoms with E-state index >= 15 is 0 Å². The van der Waals surface area contributed by atoms with Gasteiger partial charge in [-0.2, -0.15) is 14.6 Å². The summed E-state index contributed by atoms with van der Waals surface area (Å²) in [6.45, 7) is 2.97. The fourth-order valence-corrected chi connectivity index (χ4v) is 4.13. The summed E-state index contributed by atoms with van der Waals surface area (Å²) >= 11 is 0.681. The number of amides is 1. The Bertz CT molecular complexity index is 1360. The maximum absolute atomic E-state index is 12.4. The van der Waals surface area contributed by atoms with E-state index in [0.29, 0.717) is 22.9 Å². The van der Waals surface area contributed by atoms with E-state index in [1.165, 1.54) is 38.1 Å². The Kier molecular flexibility index (Phi) is 6.52. The zero-order chi connectivity index (χ0) is 23.5. The topological polar surface area (TPSA) is 163 Å². The van der Waals surface area contributed by atoms with Gasteiger partial charge < -0.3 is 9.52 Å². The third-order valence-corrected chi connectivity index (χ3v) is 6.85. The number of carbonyl (C=O) groups is 2. The van der Waals surface area contributed by atoms with Gasteiger partial charge >= 0.3 is 5.97 Å². The summed E-state index contributed by atoms with van der Waals surface area (Å²) in [5.74, 6) is -1.36. The van der Waals surface area contributed by atoms with E-state index in [1.807, 2.05) is 0 Å². The molecule has 3 rings (SSSR count). The van der Waals surface area contributed by atoms with E-state index in [2.05, 4.69) is 14.7 Å². The highest BCUT2D eigenvalue weighted by Gasteiger charge is 2.25. The number of nitriles is 1. The van der Waals surface area contributed by atoms with E-state index in [9.17, 15) is 23.3 Å². The number of rotatable bonds is 7. The van der Waals surface area contributed by atoms with Crippen LogP contribution in [0.3, 0.4) is 0 Å². The van der Waals surface area contributed by atoms with Crippen molar-refractivity contribution >= 4 is 44.5 Å². The summed E-state index contributed by atoms with van der Waals surface area (Å²) in [5.41, 5.74) is 0.290. The van der Waals surface area contributed by atoms with Gasteiger partial charge in [-0.15, -0.1) is 0 Å². The number of sulfone groups is 1. The molecule has 2 N–H and O–H groups in total. The number of anilines is 1. The fourth-order valence-electron chi connectivity index (χ4n) is 2.43. The average molecular weight is 473 g/mol. The third kappa shape index (κ3) is 4.90. The lowest BCUT2D eigenvalue weighted by Gasteiger charge is -2.02. The van der Waals surface area contributed by atoms with Gasteiger partial charge in [0.1, 0.15) is 23.2 Å². The first-order valence-electron chi connectivity index (χ1n) is 9.06. The van der Waals surface area contributed by atoms with Crippen molar-refractivity contribution in [1.82, 2.24) is 9.36 Å². The molecule has 0 fully saturated rings. The van der Waals surface area contributed by atoms with Gasteiger partial charge in [-0.3, -0.25) is 10.1 Å². The Morgan fingerprint density at radius 3 is 2.69 bits per heavy atom. The number of furan rings is 1. The first kappa shape index (κ1) is 22.9. The maximum atomic E-state index is 12.4. The number of benzene rings is 1. The molecule has 2 heterocycles. The van der Waals surface area contributed by atoms with Crippen molar-refractivity contribution in [2.45, 2.75) is 24.3 Å². The molecule has 2 aromatic heterocycles. The van der Waals surface area contributed by atoms with Crippen molar-refractivity contribution in [1.29, 1.82) is 5.26 Å². The monoisotopic (exact) mass is 472 g/mol. The quantitative estimate of drug-likeness (QED) is 0.388. The maximum Gasteiger partial charge on any atom is 0.335 e. The number of nitrogens with zero attached hydrogens (tertiary/aromatic N) is 3. The van der Waals surface area contributed by atoms with Crippen molar-refractivity contribution in [2.75, 3.05) is 5.32 Å². The normalized spacial score (nSPS) is 11.9. The molecule has 0 radical (unpaired) electrons. The summed E-state index contributed by atoms with van der Waals surface area (Å²) in [7, 11) is -3.69. The Labute approximate surface area is 186 Å². The largest absolute Gasteiger partial charge is 0.478 e. The van der Waals surface area contributed by atoms with Crippen LogP contribution in [-0.2, 0) is 14.6 Å². The first-order valence-corrected chi connectivity index (χ1v) is 11.4. The highest BCUT2D eigenvalue weighted by Crippen LogP contribution is 2.25. The molecule has 10 nitrogen and oxygen atoms in total. The van der Waals surface area contributed by atoms with E-state index in [0.717, 1.165) is 0 Å². The van der Waals surface area contributed by atoms with Gasteiger partial charge in [0.25, 0.3) is 11.1 Å². The van der Waals surface area contributed by atoms with Gasteiger partial charge in [0, 0.05) is 23.2 Å². The minimum absolute atomic E-state index is 0.0685. The molecule has 0 bridgehead atoms. The van der Waals surface area contributed by atoms with Crippen molar-refractivity contribution in [3.05, 3.63) is 53.3 Å². The Hall–Kier alpha value is -3.82. The average Bonchev–Trinajstić information content (AvgIpc) is 3.42. The number of hydrogen-bond acceptors (Lipinski definition) is 9. The second-order valence-corrected chi connectivity index (χ2v) is 9.84. The van der Waals surface area contributed by atoms with Crippen molar-refractivity contribution < 1.29 is 27.5 Å². The lowest BCUT2D eigenvalue weighted by molar-refractivity contribution is -0.112. The molecular formula is C20H16N4O6S2. The lowest BCUT2D eigenvalue weighted by atomic mass is 10.1. The van der Waals surface area contributed by atoms with E-state index in [4.69, 9.17) is 9.52 Å². The van der Waals surface area contributed by atoms with Crippen LogP contribution in [0.15, 0.2) is 51.5 Å². The van der Waals surface area contributed by atoms with Crippen molar-refractivity contribution in [3.63, 3.8) is 0 Å². The summed E-state index contributed by atoms with van der Waals surface area (Å²) in [4.78, 5) is 27.4. The Morgan fingerprint density at radius 1 is 1.28 bits per heavy atom. The number of nitrogens with one attached hydrogen (secondary N) is 1. The molecule has 0 saturated heterocycles. The van der Waals surface area contributed by atoms with Crippen LogP contribution >= 0.6 is 11.5 Å². The molecular weight excluding hydrogens is 456 g/mol. The summed E-state index contributed by atoms with van der Waals surface area (Å²) < 4.78 is 33.6. The van der Waals surface area contributed by atoms with Crippen LogP contribution in [0.1, 0.15) is 30.0 Å². The van der Waals surface area contributed by atoms with Gasteiger partial charge in [0.15, 0.2) is 0 Å². The number of carboxylic acid groups (broad SMARTS) is 1. The van der Waals surface area contributed by atoms with Crippen LogP contribution in [0.5, 0.6) is 0 Å². The van der Waals surface area contributed by atoms with Gasteiger partial charge in [-0.05, 0) is 38.1 Å². The van der Waals surface area contributed by atoms with Gasteiger partial charge in [-0.1, -0.05) is 12.1 Å². The van der Waals surface area contributed by atoms with Crippen LogP contribution in [0.4, 0.5) is 5.13 Å². The van der Waals surface area contributed by atoms with Crippen molar-refractivity contribution in [2.24, 2.45) is 0 Å². The molecule has 0 aliphatic carbocycles.